The summed E-state index contributed by atoms with van der Waals surface area (Å²) in [5, 5.41) is 11.4. The van der Waals surface area contributed by atoms with E-state index < -0.39 is 11.6 Å². The predicted molar refractivity (Wildman–Crippen MR) is 67.9 cm³/mol. The van der Waals surface area contributed by atoms with Crippen LogP contribution in [-0.2, 0) is 4.74 Å². The Kier molecular flexibility index (Phi) is 4.11. The third-order valence-corrected chi connectivity index (χ3v) is 3.66. The number of nitrogens with two attached hydrogens (primary N) is 1. The van der Waals surface area contributed by atoms with Crippen LogP contribution >= 0.6 is 0 Å². The molecule has 0 bridgehead atoms. The quantitative estimate of drug-likeness (QED) is 0.571. The van der Waals surface area contributed by atoms with E-state index in [2.05, 4.69) is 4.90 Å². The maximum absolute atomic E-state index is 11.4. The van der Waals surface area contributed by atoms with Gasteiger partial charge in [-0.05, 0) is 6.08 Å². The highest BCUT2D eigenvalue weighted by Crippen LogP contribution is 2.25. The zero-order chi connectivity index (χ0) is 13.0. The van der Waals surface area contributed by atoms with Gasteiger partial charge in [-0.3, -0.25) is 15.0 Å². The molecular weight excluding hydrogens is 234 g/mol. The van der Waals surface area contributed by atoms with Crippen LogP contribution in [0, 0.1) is 10.1 Å². The first-order chi connectivity index (χ1) is 8.65. The third-order valence-electron chi connectivity index (χ3n) is 3.66. The summed E-state index contributed by atoms with van der Waals surface area (Å²) < 4.78 is 5.26. The Bertz CT molecular complexity index is 364. The summed E-state index contributed by atoms with van der Waals surface area (Å²) in [5.41, 5.74) is 4.75. The van der Waals surface area contributed by atoms with E-state index >= 15 is 0 Å². The van der Waals surface area contributed by atoms with Crippen molar-refractivity contribution in [3.63, 3.8) is 0 Å². The smallest absolute Gasteiger partial charge is 0.260 e. The van der Waals surface area contributed by atoms with Crippen molar-refractivity contribution in [1.29, 1.82) is 0 Å². The topological polar surface area (TPSA) is 81.6 Å². The van der Waals surface area contributed by atoms with Gasteiger partial charge in [-0.1, -0.05) is 18.2 Å². The number of rotatable bonds is 4. The first-order valence-electron chi connectivity index (χ1n) is 6.21. The van der Waals surface area contributed by atoms with Crippen LogP contribution < -0.4 is 5.73 Å². The number of nitro groups is 1. The van der Waals surface area contributed by atoms with E-state index in [0.717, 1.165) is 13.1 Å². The van der Waals surface area contributed by atoms with Crippen molar-refractivity contribution in [1.82, 2.24) is 4.90 Å². The summed E-state index contributed by atoms with van der Waals surface area (Å²) in [4.78, 5) is 13.3. The maximum Gasteiger partial charge on any atom is 0.260 e. The molecule has 1 aliphatic carbocycles. The monoisotopic (exact) mass is 253 g/mol. The fourth-order valence-corrected chi connectivity index (χ4v) is 2.37. The molecule has 18 heavy (non-hydrogen) atoms. The largest absolute Gasteiger partial charge is 0.379 e. The number of nitrogens with zero attached hydrogens (tertiary/aromatic N) is 2. The molecule has 0 amide bonds. The normalized spacial score (nSPS) is 32.6. The summed E-state index contributed by atoms with van der Waals surface area (Å²) in [6.07, 6.45) is 7.23. The van der Waals surface area contributed by atoms with E-state index in [0.29, 0.717) is 26.2 Å². The number of morpholine rings is 1. The maximum atomic E-state index is 11.4. The molecule has 1 heterocycles. The summed E-state index contributed by atoms with van der Waals surface area (Å²) in [6, 6.07) is -0.557. The van der Waals surface area contributed by atoms with Gasteiger partial charge in [0, 0.05) is 31.0 Å². The molecule has 0 radical (unpaired) electrons. The average molecular weight is 253 g/mol. The molecule has 2 N–H and O–H groups in total. The second kappa shape index (κ2) is 5.60. The summed E-state index contributed by atoms with van der Waals surface area (Å²) in [7, 11) is 0. The van der Waals surface area contributed by atoms with E-state index in [9.17, 15) is 10.1 Å². The van der Waals surface area contributed by atoms with Crippen molar-refractivity contribution >= 4 is 0 Å². The van der Waals surface area contributed by atoms with E-state index in [-0.39, 0.29) is 4.92 Å². The zero-order valence-corrected chi connectivity index (χ0v) is 10.3. The van der Waals surface area contributed by atoms with Crippen LogP contribution in [0.25, 0.3) is 0 Å². The Labute approximate surface area is 106 Å². The molecule has 1 fully saturated rings. The number of ether oxygens (including phenoxy) is 1. The van der Waals surface area contributed by atoms with Crippen molar-refractivity contribution in [2.24, 2.45) is 5.73 Å². The van der Waals surface area contributed by atoms with Gasteiger partial charge in [0.2, 0.25) is 0 Å². The highest BCUT2D eigenvalue weighted by Gasteiger charge is 2.46. The first kappa shape index (κ1) is 13.2. The lowest BCUT2D eigenvalue weighted by Crippen LogP contribution is -2.54. The van der Waals surface area contributed by atoms with Gasteiger partial charge in [-0.25, -0.2) is 0 Å². The molecule has 6 heteroatoms. The van der Waals surface area contributed by atoms with Crippen LogP contribution in [0.3, 0.4) is 0 Å². The van der Waals surface area contributed by atoms with Crippen LogP contribution in [0.2, 0.25) is 0 Å². The molecule has 0 aromatic rings. The van der Waals surface area contributed by atoms with Gasteiger partial charge in [-0.15, -0.1) is 0 Å². The fourth-order valence-electron chi connectivity index (χ4n) is 2.37. The molecule has 2 unspecified atom stereocenters. The predicted octanol–water partition coefficient (Wildman–Crippen LogP) is 0.177. The lowest BCUT2D eigenvalue weighted by atomic mass is 9.84. The Hall–Kier alpha value is -1.24. The Morgan fingerprint density at radius 1 is 1.44 bits per heavy atom. The first-order valence-corrected chi connectivity index (χ1v) is 6.21. The average Bonchev–Trinajstić information content (AvgIpc) is 2.39. The molecule has 1 saturated heterocycles. The molecular formula is C12H19N3O3. The molecule has 0 aromatic heterocycles. The second-order valence-corrected chi connectivity index (χ2v) is 4.72. The molecule has 0 spiro atoms. The molecule has 2 rings (SSSR count). The summed E-state index contributed by atoms with van der Waals surface area (Å²) in [5.74, 6) is 0. The van der Waals surface area contributed by atoms with Gasteiger partial charge in [0.1, 0.15) is 0 Å². The molecule has 1 aliphatic heterocycles. The van der Waals surface area contributed by atoms with Gasteiger partial charge in [-0.2, -0.15) is 0 Å². The van der Waals surface area contributed by atoms with Crippen molar-refractivity contribution in [3.05, 3.63) is 34.4 Å². The van der Waals surface area contributed by atoms with Gasteiger partial charge in [0.05, 0.1) is 19.3 Å². The standard InChI is InChI=1S/C12H19N3O3/c13-11-3-1-2-4-12(11,15(16)17)5-6-14-7-9-18-10-8-14/h1-4,11H,5-10,13H2. The molecule has 6 nitrogen and oxygen atoms in total. The lowest BCUT2D eigenvalue weighted by Gasteiger charge is -2.32. The van der Waals surface area contributed by atoms with Crippen molar-refractivity contribution in [2.45, 2.75) is 18.0 Å². The molecule has 0 saturated carbocycles. The van der Waals surface area contributed by atoms with Crippen LogP contribution in [0.4, 0.5) is 0 Å². The van der Waals surface area contributed by atoms with Crippen LogP contribution in [0.1, 0.15) is 6.42 Å². The zero-order valence-electron chi connectivity index (χ0n) is 10.3. The van der Waals surface area contributed by atoms with Crippen molar-refractivity contribution in [3.8, 4) is 0 Å². The SMILES string of the molecule is NC1C=CC=CC1(CCN1CCOCC1)[N+](=O)[O-]. The molecule has 2 atom stereocenters. The van der Waals surface area contributed by atoms with Gasteiger partial charge in [0.25, 0.3) is 5.54 Å². The minimum absolute atomic E-state index is 0.252. The van der Waals surface area contributed by atoms with Gasteiger partial charge in [0.15, 0.2) is 0 Å². The van der Waals surface area contributed by atoms with Crippen molar-refractivity contribution in [2.75, 3.05) is 32.8 Å². The Morgan fingerprint density at radius 3 is 2.78 bits per heavy atom. The van der Waals surface area contributed by atoms with E-state index in [1.54, 1.807) is 24.3 Å². The van der Waals surface area contributed by atoms with Crippen molar-refractivity contribution < 1.29 is 9.66 Å². The Balaban J connectivity index is 2.00. The highest BCUT2D eigenvalue weighted by molar-refractivity contribution is 5.24. The summed E-state index contributed by atoms with van der Waals surface area (Å²) >= 11 is 0. The van der Waals surface area contributed by atoms with Gasteiger partial charge < -0.3 is 10.5 Å². The van der Waals surface area contributed by atoms with Crippen LogP contribution in [-0.4, -0.2) is 54.3 Å². The minimum Gasteiger partial charge on any atom is -0.379 e. The van der Waals surface area contributed by atoms with E-state index in [1.807, 2.05) is 0 Å². The molecule has 2 aliphatic rings. The number of allylic oxidation sites excluding steroid dienone is 2. The second-order valence-electron chi connectivity index (χ2n) is 4.72. The van der Waals surface area contributed by atoms with Crippen LogP contribution in [0.15, 0.2) is 24.3 Å². The highest BCUT2D eigenvalue weighted by atomic mass is 16.6. The molecule has 100 valence electrons. The lowest BCUT2D eigenvalue weighted by molar-refractivity contribution is -0.558. The summed E-state index contributed by atoms with van der Waals surface area (Å²) in [6.45, 7) is 3.75. The van der Waals surface area contributed by atoms with Gasteiger partial charge >= 0.3 is 0 Å². The number of hydrogen-bond acceptors (Lipinski definition) is 5. The van der Waals surface area contributed by atoms with E-state index in [1.165, 1.54) is 0 Å². The fraction of sp³-hybridized carbons (Fsp3) is 0.667. The number of hydrogen-bond donors (Lipinski definition) is 1. The minimum atomic E-state index is -1.16. The third kappa shape index (κ3) is 2.60. The Morgan fingerprint density at radius 2 is 2.17 bits per heavy atom. The van der Waals surface area contributed by atoms with E-state index in [4.69, 9.17) is 10.5 Å². The van der Waals surface area contributed by atoms with Crippen LogP contribution in [0.5, 0.6) is 0 Å². The molecule has 0 aromatic carbocycles.